The van der Waals surface area contributed by atoms with Gasteiger partial charge in [-0.2, -0.15) is 0 Å². The summed E-state index contributed by atoms with van der Waals surface area (Å²) in [7, 11) is 1.62. The molecule has 9 heteroatoms. The van der Waals surface area contributed by atoms with Gasteiger partial charge in [0.2, 0.25) is 0 Å². The SMILES string of the molecule is COc1ccc2cc(C(c3nnnn3C(C)(C)C)N3CCN(c4cc(C)ccc4C)CC3)c(=O)[nH]c2c1. The van der Waals surface area contributed by atoms with Gasteiger partial charge in [0, 0.05) is 43.5 Å². The third-order valence-electron chi connectivity index (χ3n) is 7.13. The first-order chi connectivity index (χ1) is 17.7. The number of tetrazole rings is 1. The molecule has 2 aromatic heterocycles. The van der Waals surface area contributed by atoms with Crippen LogP contribution in [-0.4, -0.2) is 63.4 Å². The molecule has 2 aromatic carbocycles. The molecule has 0 saturated carbocycles. The molecule has 0 radical (unpaired) electrons. The monoisotopic (exact) mass is 501 g/mol. The summed E-state index contributed by atoms with van der Waals surface area (Å²) in [6.45, 7) is 13.7. The first-order valence-electron chi connectivity index (χ1n) is 12.7. The topological polar surface area (TPSA) is 92.2 Å². The van der Waals surface area contributed by atoms with Crippen molar-refractivity contribution in [3.8, 4) is 5.75 Å². The third-order valence-corrected chi connectivity index (χ3v) is 7.13. The van der Waals surface area contributed by atoms with Crippen LogP contribution in [0.1, 0.15) is 49.3 Å². The summed E-state index contributed by atoms with van der Waals surface area (Å²) in [5, 5.41) is 13.7. The highest BCUT2D eigenvalue weighted by Crippen LogP contribution is 2.32. The van der Waals surface area contributed by atoms with Crippen molar-refractivity contribution in [3.63, 3.8) is 0 Å². The highest BCUT2D eigenvalue weighted by atomic mass is 16.5. The van der Waals surface area contributed by atoms with Gasteiger partial charge >= 0.3 is 0 Å². The molecule has 1 fully saturated rings. The molecule has 1 aliphatic rings. The van der Waals surface area contributed by atoms with Crippen LogP contribution in [-0.2, 0) is 5.54 Å². The van der Waals surface area contributed by atoms with Crippen molar-refractivity contribution in [1.29, 1.82) is 0 Å². The average molecular weight is 502 g/mol. The van der Waals surface area contributed by atoms with Crippen LogP contribution in [0.2, 0.25) is 0 Å². The predicted octanol–water partition coefficient (Wildman–Crippen LogP) is 3.81. The number of rotatable bonds is 5. The van der Waals surface area contributed by atoms with Gasteiger partial charge in [-0.1, -0.05) is 12.1 Å². The van der Waals surface area contributed by atoms with Crippen molar-refractivity contribution in [3.05, 3.63) is 75.3 Å². The Hall–Kier alpha value is -3.72. The zero-order chi connectivity index (χ0) is 26.3. The highest BCUT2D eigenvalue weighted by Gasteiger charge is 2.35. The van der Waals surface area contributed by atoms with Crippen LogP contribution in [0.25, 0.3) is 10.9 Å². The molecule has 194 valence electrons. The number of pyridine rings is 1. The first kappa shape index (κ1) is 25.0. The number of aromatic amines is 1. The number of hydrogen-bond acceptors (Lipinski definition) is 7. The largest absolute Gasteiger partial charge is 0.497 e. The number of methoxy groups -OCH3 is 1. The fourth-order valence-electron chi connectivity index (χ4n) is 5.15. The lowest BCUT2D eigenvalue weighted by Crippen LogP contribution is -2.49. The van der Waals surface area contributed by atoms with E-state index in [1.807, 2.05) is 28.9 Å². The molecule has 0 bridgehead atoms. The molecule has 1 N–H and O–H groups in total. The summed E-state index contributed by atoms with van der Waals surface area (Å²) in [5.41, 5.74) is 4.69. The Kier molecular flexibility index (Phi) is 6.49. The minimum Gasteiger partial charge on any atom is -0.497 e. The zero-order valence-electron chi connectivity index (χ0n) is 22.4. The standard InChI is InChI=1S/C28H35N7O2/c1-18-7-8-19(2)24(15-18)33-11-13-34(14-12-33)25(26-30-31-32-35(26)28(3,4)5)22-16-20-9-10-21(37-6)17-23(20)29-27(22)36/h7-10,15-17,25H,11-14H2,1-6H3,(H,29,36). The van der Waals surface area contributed by atoms with E-state index in [1.54, 1.807) is 7.11 Å². The lowest BCUT2D eigenvalue weighted by atomic mass is 10.0. The van der Waals surface area contributed by atoms with Gasteiger partial charge in [0.05, 0.1) is 18.2 Å². The Balaban J connectivity index is 1.55. The lowest BCUT2D eigenvalue weighted by molar-refractivity contribution is 0.190. The molecule has 3 heterocycles. The molecule has 9 nitrogen and oxygen atoms in total. The van der Waals surface area contributed by atoms with Crippen LogP contribution in [0.4, 0.5) is 5.69 Å². The summed E-state index contributed by atoms with van der Waals surface area (Å²) in [6.07, 6.45) is 0. The van der Waals surface area contributed by atoms with Gasteiger partial charge in [-0.3, -0.25) is 9.69 Å². The van der Waals surface area contributed by atoms with Crippen molar-refractivity contribution in [1.82, 2.24) is 30.1 Å². The van der Waals surface area contributed by atoms with Gasteiger partial charge in [-0.05, 0) is 85.8 Å². The molecule has 1 unspecified atom stereocenters. The number of H-pyrrole nitrogens is 1. The second kappa shape index (κ2) is 9.63. The van der Waals surface area contributed by atoms with Crippen LogP contribution in [0.5, 0.6) is 5.75 Å². The van der Waals surface area contributed by atoms with Crippen molar-refractivity contribution in [2.45, 2.75) is 46.2 Å². The Morgan fingerprint density at radius 2 is 1.76 bits per heavy atom. The maximum Gasteiger partial charge on any atom is 0.253 e. The second-order valence-corrected chi connectivity index (χ2v) is 10.8. The molecule has 1 atom stereocenters. The molecule has 0 amide bonds. The molecule has 4 aromatic rings. The fraction of sp³-hybridized carbons (Fsp3) is 0.429. The van der Waals surface area contributed by atoms with Crippen molar-refractivity contribution < 1.29 is 4.74 Å². The summed E-state index contributed by atoms with van der Waals surface area (Å²) >= 11 is 0. The highest BCUT2D eigenvalue weighted by molar-refractivity contribution is 5.80. The number of nitrogens with one attached hydrogen (secondary N) is 1. The molecule has 0 spiro atoms. The number of ether oxygens (including phenoxy) is 1. The molecule has 1 saturated heterocycles. The lowest BCUT2D eigenvalue weighted by Gasteiger charge is -2.40. The Morgan fingerprint density at radius 3 is 2.46 bits per heavy atom. The van der Waals surface area contributed by atoms with E-state index >= 15 is 0 Å². The average Bonchev–Trinajstić information content (AvgIpc) is 3.36. The van der Waals surface area contributed by atoms with Crippen LogP contribution in [0, 0.1) is 13.8 Å². The number of hydrogen-bond donors (Lipinski definition) is 1. The summed E-state index contributed by atoms with van der Waals surface area (Å²) in [6, 6.07) is 13.9. The summed E-state index contributed by atoms with van der Waals surface area (Å²) < 4.78 is 7.18. The molecule has 0 aliphatic carbocycles. The normalized spacial score (nSPS) is 15.8. The number of benzene rings is 2. The van der Waals surface area contributed by atoms with E-state index in [2.05, 4.69) is 83.1 Å². The van der Waals surface area contributed by atoms with Crippen LogP contribution in [0.15, 0.2) is 47.3 Å². The first-order valence-corrected chi connectivity index (χ1v) is 12.7. The number of aryl methyl sites for hydroxylation is 2. The summed E-state index contributed by atoms with van der Waals surface area (Å²) in [4.78, 5) is 21.4. The smallest absolute Gasteiger partial charge is 0.253 e. The van der Waals surface area contributed by atoms with E-state index in [0.29, 0.717) is 17.1 Å². The van der Waals surface area contributed by atoms with Gasteiger partial charge in [0.1, 0.15) is 11.8 Å². The molecule has 37 heavy (non-hydrogen) atoms. The third kappa shape index (κ3) is 4.83. The van der Waals surface area contributed by atoms with Gasteiger partial charge in [-0.25, -0.2) is 4.68 Å². The van der Waals surface area contributed by atoms with Gasteiger partial charge in [0.15, 0.2) is 5.82 Å². The fourth-order valence-corrected chi connectivity index (χ4v) is 5.15. The maximum absolute atomic E-state index is 13.5. The molecular formula is C28H35N7O2. The predicted molar refractivity (Wildman–Crippen MR) is 145 cm³/mol. The van der Waals surface area contributed by atoms with E-state index in [0.717, 1.165) is 37.1 Å². The van der Waals surface area contributed by atoms with Crippen LogP contribution >= 0.6 is 0 Å². The molecular weight excluding hydrogens is 466 g/mol. The number of anilines is 1. The maximum atomic E-state index is 13.5. The van der Waals surface area contributed by atoms with Gasteiger partial charge in [0.25, 0.3) is 5.56 Å². The number of piperazine rings is 1. The van der Waals surface area contributed by atoms with Crippen molar-refractivity contribution in [2.24, 2.45) is 0 Å². The quantitative estimate of drug-likeness (QED) is 0.445. The minimum absolute atomic E-state index is 0.147. The van der Waals surface area contributed by atoms with Crippen LogP contribution < -0.4 is 15.2 Å². The van der Waals surface area contributed by atoms with E-state index < -0.39 is 0 Å². The van der Waals surface area contributed by atoms with E-state index in [-0.39, 0.29) is 17.1 Å². The van der Waals surface area contributed by atoms with Gasteiger partial charge in [-0.15, -0.1) is 5.10 Å². The Bertz CT molecular complexity index is 1480. The van der Waals surface area contributed by atoms with E-state index in [4.69, 9.17) is 4.74 Å². The van der Waals surface area contributed by atoms with Crippen molar-refractivity contribution >= 4 is 16.6 Å². The second-order valence-electron chi connectivity index (χ2n) is 10.8. The number of nitrogens with zero attached hydrogens (tertiary/aromatic N) is 6. The minimum atomic E-state index is -0.384. The van der Waals surface area contributed by atoms with Gasteiger partial charge < -0.3 is 14.6 Å². The van der Waals surface area contributed by atoms with Crippen molar-refractivity contribution in [2.75, 3.05) is 38.2 Å². The summed E-state index contributed by atoms with van der Waals surface area (Å²) in [5.74, 6) is 1.37. The zero-order valence-corrected chi connectivity index (χ0v) is 22.4. The molecule has 1 aliphatic heterocycles. The molecule has 5 rings (SSSR count). The number of aromatic nitrogens is 5. The van der Waals surface area contributed by atoms with E-state index in [9.17, 15) is 4.79 Å². The Labute approximate surface area is 217 Å². The Morgan fingerprint density at radius 1 is 1.00 bits per heavy atom. The van der Waals surface area contributed by atoms with E-state index in [1.165, 1.54) is 16.8 Å². The number of fused-ring (bicyclic) bond motifs is 1. The van der Waals surface area contributed by atoms with Crippen LogP contribution in [0.3, 0.4) is 0 Å².